The predicted molar refractivity (Wildman–Crippen MR) is 66.0 cm³/mol. The van der Waals surface area contributed by atoms with Crippen molar-refractivity contribution in [1.29, 1.82) is 0 Å². The van der Waals surface area contributed by atoms with Crippen LogP contribution in [0.5, 0.6) is 11.5 Å². The van der Waals surface area contributed by atoms with E-state index in [1.807, 2.05) is 19.1 Å². The van der Waals surface area contributed by atoms with E-state index in [0.717, 1.165) is 16.9 Å². The molecular formula is C12H17N3O3. The fourth-order valence-electron chi connectivity index (χ4n) is 1.97. The maximum atomic E-state index is 11.2. The lowest BCUT2D eigenvalue weighted by Crippen LogP contribution is -2.32. The van der Waals surface area contributed by atoms with Crippen molar-refractivity contribution in [2.75, 3.05) is 13.2 Å². The molecule has 0 fully saturated rings. The van der Waals surface area contributed by atoms with E-state index in [-0.39, 0.29) is 12.3 Å². The molecule has 0 bridgehead atoms. The van der Waals surface area contributed by atoms with Gasteiger partial charge in [-0.05, 0) is 30.2 Å². The smallest absolute Gasteiger partial charge is 0.235 e. The monoisotopic (exact) mass is 251 g/mol. The molecule has 1 aliphatic rings. The van der Waals surface area contributed by atoms with Crippen LogP contribution in [0.1, 0.15) is 23.6 Å². The van der Waals surface area contributed by atoms with Crippen LogP contribution < -0.4 is 26.5 Å². The van der Waals surface area contributed by atoms with E-state index in [4.69, 9.17) is 21.1 Å². The van der Waals surface area contributed by atoms with Crippen molar-refractivity contribution in [3.63, 3.8) is 0 Å². The summed E-state index contributed by atoms with van der Waals surface area (Å²) in [7, 11) is 0. The number of fused-ring (bicyclic) bond motifs is 1. The third-order valence-electron chi connectivity index (χ3n) is 2.90. The van der Waals surface area contributed by atoms with Gasteiger partial charge in [0.25, 0.3) is 0 Å². The molecular weight excluding hydrogens is 234 g/mol. The number of benzene rings is 1. The number of ether oxygens (including phenoxy) is 2. The van der Waals surface area contributed by atoms with Crippen molar-refractivity contribution >= 4 is 5.91 Å². The molecule has 0 aromatic heterocycles. The number of amides is 1. The van der Waals surface area contributed by atoms with E-state index in [0.29, 0.717) is 19.0 Å². The molecule has 1 unspecified atom stereocenters. The van der Waals surface area contributed by atoms with Crippen molar-refractivity contribution in [1.82, 2.24) is 5.43 Å². The summed E-state index contributed by atoms with van der Waals surface area (Å²) < 4.78 is 11.0. The first kappa shape index (κ1) is 12.7. The van der Waals surface area contributed by atoms with E-state index in [2.05, 4.69) is 5.43 Å². The summed E-state index contributed by atoms with van der Waals surface area (Å²) >= 11 is 0. The fraction of sp³-hybridized carbons (Fsp3) is 0.417. The molecule has 6 nitrogen and oxygen atoms in total. The van der Waals surface area contributed by atoms with Crippen LogP contribution in [-0.2, 0) is 4.79 Å². The molecule has 0 aliphatic carbocycles. The first-order valence-electron chi connectivity index (χ1n) is 5.77. The average molecular weight is 251 g/mol. The molecule has 1 amide bonds. The lowest BCUT2D eigenvalue weighted by atomic mass is 9.98. The van der Waals surface area contributed by atoms with E-state index in [9.17, 15) is 4.79 Å². The minimum atomic E-state index is -0.413. The quantitative estimate of drug-likeness (QED) is 0.403. The van der Waals surface area contributed by atoms with Gasteiger partial charge in [-0.3, -0.25) is 10.2 Å². The molecule has 1 aliphatic heterocycles. The Morgan fingerprint density at radius 2 is 2.00 bits per heavy atom. The van der Waals surface area contributed by atoms with Crippen LogP contribution in [-0.4, -0.2) is 19.1 Å². The zero-order chi connectivity index (χ0) is 13.1. The number of carbonyl (C=O) groups excluding carboxylic acids is 1. The van der Waals surface area contributed by atoms with Gasteiger partial charge in [0.2, 0.25) is 5.91 Å². The molecule has 5 N–H and O–H groups in total. The number of hydrazine groups is 1. The average Bonchev–Trinajstić information content (AvgIpc) is 2.37. The van der Waals surface area contributed by atoms with Gasteiger partial charge < -0.3 is 15.2 Å². The van der Waals surface area contributed by atoms with Crippen LogP contribution in [0, 0.1) is 6.92 Å². The zero-order valence-corrected chi connectivity index (χ0v) is 10.2. The lowest BCUT2D eigenvalue weighted by molar-refractivity contribution is -0.121. The highest BCUT2D eigenvalue weighted by Gasteiger charge is 2.19. The molecule has 0 radical (unpaired) electrons. The third kappa shape index (κ3) is 2.55. The normalized spacial score (nSPS) is 15.1. The maximum absolute atomic E-state index is 11.2. The van der Waals surface area contributed by atoms with Gasteiger partial charge in [0, 0.05) is 12.5 Å². The summed E-state index contributed by atoms with van der Waals surface area (Å²) in [4.78, 5) is 11.2. The van der Waals surface area contributed by atoms with E-state index >= 15 is 0 Å². The molecule has 0 saturated heterocycles. The standard InChI is InChI=1S/C12H17N3O3/c1-7-4-10-11(18-3-2-17-10)5-8(7)9(13)6-12(16)15-14/h4-5,9H,2-3,6,13-14H2,1H3,(H,15,16). The van der Waals surface area contributed by atoms with Crippen LogP contribution in [0.15, 0.2) is 12.1 Å². The zero-order valence-electron chi connectivity index (χ0n) is 10.2. The number of hydrogen-bond donors (Lipinski definition) is 3. The largest absolute Gasteiger partial charge is 0.486 e. The van der Waals surface area contributed by atoms with E-state index in [1.165, 1.54) is 0 Å². The van der Waals surface area contributed by atoms with Crippen LogP contribution in [0.3, 0.4) is 0 Å². The molecule has 1 atom stereocenters. The minimum absolute atomic E-state index is 0.136. The molecule has 1 aromatic carbocycles. The second-order valence-electron chi connectivity index (χ2n) is 4.23. The van der Waals surface area contributed by atoms with Gasteiger partial charge in [-0.2, -0.15) is 0 Å². The van der Waals surface area contributed by atoms with Crippen LogP contribution in [0.4, 0.5) is 0 Å². The summed E-state index contributed by atoms with van der Waals surface area (Å²) in [5.41, 5.74) is 9.90. The van der Waals surface area contributed by atoms with Gasteiger partial charge in [0.1, 0.15) is 13.2 Å². The first-order chi connectivity index (χ1) is 8.61. The molecule has 98 valence electrons. The number of carbonyl (C=O) groups is 1. The summed E-state index contributed by atoms with van der Waals surface area (Å²) in [5, 5.41) is 0. The first-order valence-corrected chi connectivity index (χ1v) is 5.77. The van der Waals surface area contributed by atoms with Gasteiger partial charge in [-0.25, -0.2) is 5.84 Å². The number of aryl methyl sites for hydroxylation is 1. The lowest BCUT2D eigenvalue weighted by Gasteiger charge is -2.22. The Hall–Kier alpha value is -1.79. The highest BCUT2D eigenvalue weighted by Crippen LogP contribution is 2.35. The summed E-state index contributed by atoms with van der Waals surface area (Å²) in [6.45, 7) is 3.00. The Balaban J connectivity index is 2.24. The van der Waals surface area contributed by atoms with Gasteiger partial charge >= 0.3 is 0 Å². The highest BCUT2D eigenvalue weighted by atomic mass is 16.6. The number of rotatable bonds is 3. The molecule has 18 heavy (non-hydrogen) atoms. The van der Waals surface area contributed by atoms with Crippen molar-refractivity contribution in [3.8, 4) is 11.5 Å². The number of hydrogen-bond acceptors (Lipinski definition) is 5. The van der Waals surface area contributed by atoms with Gasteiger partial charge in [-0.15, -0.1) is 0 Å². The Labute approximate surface area is 105 Å². The molecule has 6 heteroatoms. The second-order valence-corrected chi connectivity index (χ2v) is 4.23. The second kappa shape index (κ2) is 5.24. The van der Waals surface area contributed by atoms with Crippen molar-refractivity contribution < 1.29 is 14.3 Å². The van der Waals surface area contributed by atoms with Crippen molar-refractivity contribution in [3.05, 3.63) is 23.3 Å². The third-order valence-corrected chi connectivity index (χ3v) is 2.90. The van der Waals surface area contributed by atoms with E-state index in [1.54, 1.807) is 0 Å². The number of nitrogens with one attached hydrogen (secondary N) is 1. The van der Waals surface area contributed by atoms with Crippen LogP contribution in [0.25, 0.3) is 0 Å². The Kier molecular flexibility index (Phi) is 3.69. The Bertz CT molecular complexity index is 462. The minimum Gasteiger partial charge on any atom is -0.486 e. The number of nitrogens with two attached hydrogens (primary N) is 2. The van der Waals surface area contributed by atoms with Crippen molar-refractivity contribution in [2.45, 2.75) is 19.4 Å². The summed E-state index contributed by atoms with van der Waals surface area (Å²) in [6, 6.07) is 3.30. The topological polar surface area (TPSA) is 99.6 Å². The molecule has 0 saturated carbocycles. The van der Waals surface area contributed by atoms with Gasteiger partial charge in [0.15, 0.2) is 11.5 Å². The molecule has 1 aromatic rings. The summed E-state index contributed by atoms with van der Waals surface area (Å²) in [5.74, 6) is 6.14. The fourth-order valence-corrected chi connectivity index (χ4v) is 1.97. The summed E-state index contributed by atoms with van der Waals surface area (Å²) in [6.07, 6.45) is 0.136. The maximum Gasteiger partial charge on any atom is 0.235 e. The molecule has 0 spiro atoms. The SMILES string of the molecule is Cc1cc2c(cc1C(N)CC(=O)NN)OCCO2. The van der Waals surface area contributed by atoms with Gasteiger partial charge in [-0.1, -0.05) is 0 Å². The van der Waals surface area contributed by atoms with Crippen molar-refractivity contribution in [2.24, 2.45) is 11.6 Å². The van der Waals surface area contributed by atoms with Crippen LogP contribution >= 0.6 is 0 Å². The van der Waals surface area contributed by atoms with E-state index < -0.39 is 6.04 Å². The Morgan fingerprint density at radius 3 is 2.61 bits per heavy atom. The highest BCUT2D eigenvalue weighted by molar-refractivity contribution is 5.76. The van der Waals surface area contributed by atoms with Crippen LogP contribution in [0.2, 0.25) is 0 Å². The Morgan fingerprint density at radius 1 is 1.39 bits per heavy atom. The molecule has 2 rings (SSSR count). The van der Waals surface area contributed by atoms with Gasteiger partial charge in [0.05, 0.1) is 0 Å². The molecule has 1 heterocycles. The predicted octanol–water partition coefficient (Wildman–Crippen LogP) is 0.146.